The summed E-state index contributed by atoms with van der Waals surface area (Å²) in [4.78, 5) is 23.1. The molecular formula is C19H19ClN6O4. The number of methoxy groups -OCH3 is 2. The number of ether oxygens (including phenoxy) is 2. The fourth-order valence-electron chi connectivity index (χ4n) is 2.74. The molecule has 0 aliphatic carbocycles. The van der Waals surface area contributed by atoms with Crippen LogP contribution in [0.25, 0.3) is 0 Å². The van der Waals surface area contributed by atoms with Crippen molar-refractivity contribution in [2.75, 3.05) is 31.4 Å². The van der Waals surface area contributed by atoms with Crippen molar-refractivity contribution in [1.82, 2.24) is 15.0 Å². The van der Waals surface area contributed by atoms with Gasteiger partial charge in [-0.05, 0) is 36.2 Å². The minimum absolute atomic E-state index is 0.0125. The Morgan fingerprint density at radius 1 is 1.10 bits per heavy atom. The summed E-state index contributed by atoms with van der Waals surface area (Å²) in [5, 5.41) is 17.7. The second-order valence-electron chi connectivity index (χ2n) is 6.01. The van der Waals surface area contributed by atoms with Gasteiger partial charge in [-0.15, -0.1) is 0 Å². The number of nitro groups is 1. The lowest BCUT2D eigenvalue weighted by Crippen LogP contribution is -2.11. The number of aromatic nitrogens is 3. The van der Waals surface area contributed by atoms with E-state index in [1.165, 1.54) is 12.5 Å². The fraction of sp³-hybridized carbons (Fsp3) is 0.211. The van der Waals surface area contributed by atoms with Crippen LogP contribution in [0, 0.1) is 10.1 Å². The van der Waals surface area contributed by atoms with Gasteiger partial charge in [0.2, 0.25) is 11.6 Å². The van der Waals surface area contributed by atoms with Crippen LogP contribution in [0.5, 0.6) is 11.5 Å². The van der Waals surface area contributed by atoms with Gasteiger partial charge in [0.05, 0.1) is 24.8 Å². The molecule has 2 aromatic heterocycles. The predicted octanol–water partition coefficient (Wildman–Crippen LogP) is 3.85. The van der Waals surface area contributed by atoms with Crippen LogP contribution in [0.3, 0.4) is 0 Å². The third kappa shape index (κ3) is 4.84. The van der Waals surface area contributed by atoms with Crippen molar-refractivity contribution in [2.24, 2.45) is 0 Å². The van der Waals surface area contributed by atoms with Crippen molar-refractivity contribution >= 4 is 34.6 Å². The summed E-state index contributed by atoms with van der Waals surface area (Å²) in [6.07, 6.45) is 3.33. The molecule has 156 valence electrons. The molecule has 2 N–H and O–H groups in total. The molecule has 11 heteroatoms. The van der Waals surface area contributed by atoms with Crippen LogP contribution in [0.4, 0.5) is 23.0 Å². The van der Waals surface area contributed by atoms with Gasteiger partial charge < -0.3 is 20.1 Å². The van der Waals surface area contributed by atoms with Crippen molar-refractivity contribution in [3.8, 4) is 11.5 Å². The summed E-state index contributed by atoms with van der Waals surface area (Å²) in [5.74, 6) is 1.35. The summed E-state index contributed by atoms with van der Waals surface area (Å²) >= 11 is 6.02. The first-order chi connectivity index (χ1) is 14.5. The zero-order valence-electron chi connectivity index (χ0n) is 16.3. The SMILES string of the molecule is COc1ccc(CCNc2ncnc(Nc3cccnc3Cl)c2[N+](=O)[O-])cc1OC. The highest BCUT2D eigenvalue weighted by Crippen LogP contribution is 2.33. The van der Waals surface area contributed by atoms with Crippen LogP contribution in [0.2, 0.25) is 5.15 Å². The van der Waals surface area contributed by atoms with Crippen LogP contribution < -0.4 is 20.1 Å². The second-order valence-corrected chi connectivity index (χ2v) is 6.37. The van der Waals surface area contributed by atoms with E-state index in [9.17, 15) is 10.1 Å². The average molecular weight is 431 g/mol. The van der Waals surface area contributed by atoms with Crippen LogP contribution in [-0.4, -0.2) is 40.6 Å². The van der Waals surface area contributed by atoms with E-state index in [4.69, 9.17) is 21.1 Å². The number of anilines is 3. The Morgan fingerprint density at radius 3 is 2.57 bits per heavy atom. The number of pyridine rings is 1. The molecule has 0 aliphatic rings. The lowest BCUT2D eigenvalue weighted by Gasteiger charge is -2.12. The molecule has 0 atom stereocenters. The van der Waals surface area contributed by atoms with Crippen LogP contribution in [-0.2, 0) is 6.42 Å². The van der Waals surface area contributed by atoms with Crippen LogP contribution >= 0.6 is 11.6 Å². The molecule has 10 nitrogen and oxygen atoms in total. The first-order valence-corrected chi connectivity index (χ1v) is 9.23. The normalized spacial score (nSPS) is 10.4. The van der Waals surface area contributed by atoms with Gasteiger partial charge in [-0.3, -0.25) is 10.1 Å². The minimum atomic E-state index is -0.550. The molecule has 0 fully saturated rings. The van der Waals surface area contributed by atoms with E-state index in [2.05, 4.69) is 25.6 Å². The Labute approximate surface area is 177 Å². The minimum Gasteiger partial charge on any atom is -0.493 e. The van der Waals surface area contributed by atoms with Crippen molar-refractivity contribution in [3.05, 3.63) is 63.7 Å². The van der Waals surface area contributed by atoms with Gasteiger partial charge in [0.25, 0.3) is 0 Å². The summed E-state index contributed by atoms with van der Waals surface area (Å²) < 4.78 is 10.5. The van der Waals surface area contributed by atoms with Gasteiger partial charge in [-0.2, -0.15) is 0 Å². The fourth-order valence-corrected chi connectivity index (χ4v) is 2.91. The van der Waals surface area contributed by atoms with E-state index < -0.39 is 4.92 Å². The van der Waals surface area contributed by atoms with Gasteiger partial charge in [-0.25, -0.2) is 15.0 Å². The Hall–Kier alpha value is -3.66. The lowest BCUT2D eigenvalue weighted by molar-refractivity contribution is -0.383. The molecule has 0 amide bonds. The monoisotopic (exact) mass is 430 g/mol. The quantitative estimate of drug-likeness (QED) is 0.296. The standard InChI is InChI=1S/C19H19ClN6O4/c1-29-14-6-5-12(10-15(14)30-2)7-9-22-18-16(26(27)28)19(24-11-23-18)25-13-4-3-8-21-17(13)20/h3-6,8,10-11H,7,9H2,1-2H3,(H2,22,23,24,25). The molecule has 0 spiro atoms. The topological polar surface area (TPSA) is 124 Å². The summed E-state index contributed by atoms with van der Waals surface area (Å²) in [6, 6.07) is 8.86. The summed E-state index contributed by atoms with van der Waals surface area (Å²) in [7, 11) is 3.13. The van der Waals surface area contributed by atoms with Gasteiger partial charge in [0, 0.05) is 12.7 Å². The van der Waals surface area contributed by atoms with E-state index in [0.717, 1.165) is 5.56 Å². The van der Waals surface area contributed by atoms with Crippen LogP contribution in [0.1, 0.15) is 5.56 Å². The zero-order chi connectivity index (χ0) is 21.5. The Bertz CT molecular complexity index is 1050. The lowest BCUT2D eigenvalue weighted by atomic mass is 10.1. The third-order valence-corrected chi connectivity index (χ3v) is 4.47. The first-order valence-electron chi connectivity index (χ1n) is 8.85. The Balaban J connectivity index is 1.76. The van der Waals surface area contributed by atoms with E-state index in [1.54, 1.807) is 32.4 Å². The summed E-state index contributed by atoms with van der Waals surface area (Å²) in [6.45, 7) is 0.403. The van der Waals surface area contributed by atoms with Crippen molar-refractivity contribution in [2.45, 2.75) is 6.42 Å². The molecule has 0 radical (unpaired) electrons. The number of hydrogen-bond donors (Lipinski definition) is 2. The van der Waals surface area contributed by atoms with Gasteiger partial charge >= 0.3 is 5.69 Å². The smallest absolute Gasteiger partial charge is 0.353 e. The van der Waals surface area contributed by atoms with Crippen molar-refractivity contribution < 1.29 is 14.4 Å². The number of nitrogens with one attached hydrogen (secondary N) is 2. The molecule has 0 bridgehead atoms. The van der Waals surface area contributed by atoms with E-state index >= 15 is 0 Å². The Kier molecular flexibility index (Phi) is 6.81. The highest BCUT2D eigenvalue weighted by atomic mass is 35.5. The van der Waals surface area contributed by atoms with Crippen LogP contribution in [0.15, 0.2) is 42.9 Å². The zero-order valence-corrected chi connectivity index (χ0v) is 17.0. The van der Waals surface area contributed by atoms with Gasteiger partial charge in [0.1, 0.15) is 6.33 Å². The largest absolute Gasteiger partial charge is 0.493 e. The van der Waals surface area contributed by atoms with E-state index in [1.807, 2.05) is 12.1 Å². The molecule has 1 aromatic carbocycles. The van der Waals surface area contributed by atoms with Gasteiger partial charge in [0.15, 0.2) is 16.7 Å². The second kappa shape index (κ2) is 9.70. The molecule has 2 heterocycles. The third-order valence-electron chi connectivity index (χ3n) is 4.17. The number of halogens is 1. The van der Waals surface area contributed by atoms with E-state index in [-0.39, 0.29) is 22.5 Å². The average Bonchev–Trinajstić information content (AvgIpc) is 2.75. The number of nitrogens with zero attached hydrogens (tertiary/aromatic N) is 4. The highest BCUT2D eigenvalue weighted by molar-refractivity contribution is 6.32. The Morgan fingerprint density at radius 2 is 1.87 bits per heavy atom. The van der Waals surface area contributed by atoms with Crippen molar-refractivity contribution in [3.63, 3.8) is 0 Å². The molecule has 0 aliphatic heterocycles. The first kappa shape index (κ1) is 21.1. The molecule has 0 saturated carbocycles. The van der Waals surface area contributed by atoms with Crippen molar-refractivity contribution in [1.29, 1.82) is 0 Å². The van der Waals surface area contributed by atoms with E-state index in [0.29, 0.717) is 30.2 Å². The molecule has 3 rings (SSSR count). The molecular weight excluding hydrogens is 412 g/mol. The van der Waals surface area contributed by atoms with Gasteiger partial charge in [-0.1, -0.05) is 17.7 Å². The predicted molar refractivity (Wildman–Crippen MR) is 113 cm³/mol. The highest BCUT2D eigenvalue weighted by Gasteiger charge is 2.23. The maximum atomic E-state index is 11.7. The number of benzene rings is 1. The number of rotatable bonds is 9. The molecule has 3 aromatic rings. The maximum absolute atomic E-state index is 11.7. The summed E-state index contributed by atoms with van der Waals surface area (Å²) in [5.41, 5.74) is 1.08. The number of hydrogen-bond acceptors (Lipinski definition) is 9. The molecule has 0 unspecified atom stereocenters. The molecule has 30 heavy (non-hydrogen) atoms. The maximum Gasteiger partial charge on any atom is 0.353 e. The molecule has 0 saturated heterocycles.